The van der Waals surface area contributed by atoms with E-state index in [1.165, 1.54) is 19.2 Å². The molecule has 1 heterocycles. The largest absolute Gasteiger partial charge is 0.432 e. The molecular formula is C14H20N2O5S. The maximum Gasteiger partial charge on any atom is 0.337 e. The number of cyclic esters (lactones) is 1. The molecule has 0 unspecified atom stereocenters. The lowest BCUT2D eigenvalue weighted by Gasteiger charge is -2.15. The SMILES string of the molecule is CNS(=O)(=O)c1ccc(NCC[C@H]2OC(C)(C)OC2=O)cc1. The van der Waals surface area contributed by atoms with Gasteiger partial charge in [-0.1, -0.05) is 0 Å². The molecule has 1 aliphatic heterocycles. The van der Waals surface area contributed by atoms with Crippen LogP contribution in [0.2, 0.25) is 0 Å². The lowest BCUT2D eigenvalue weighted by atomic mass is 10.2. The summed E-state index contributed by atoms with van der Waals surface area (Å²) >= 11 is 0. The van der Waals surface area contributed by atoms with Crippen molar-refractivity contribution in [2.24, 2.45) is 0 Å². The van der Waals surface area contributed by atoms with Gasteiger partial charge >= 0.3 is 5.97 Å². The van der Waals surface area contributed by atoms with Crippen LogP contribution in [0.25, 0.3) is 0 Å². The Morgan fingerprint density at radius 2 is 1.86 bits per heavy atom. The van der Waals surface area contributed by atoms with Crippen LogP contribution in [0, 0.1) is 0 Å². The Hall–Kier alpha value is -1.64. The molecule has 7 nitrogen and oxygen atoms in total. The van der Waals surface area contributed by atoms with Crippen molar-refractivity contribution in [1.82, 2.24) is 4.72 Å². The van der Waals surface area contributed by atoms with Gasteiger partial charge in [0, 0.05) is 32.5 Å². The summed E-state index contributed by atoms with van der Waals surface area (Å²) in [6.07, 6.45) is -0.106. The minimum atomic E-state index is -3.43. The molecular weight excluding hydrogens is 308 g/mol. The fourth-order valence-corrected chi connectivity index (χ4v) is 2.85. The summed E-state index contributed by atoms with van der Waals surface area (Å²) < 4.78 is 36.0. The molecule has 1 saturated heterocycles. The van der Waals surface area contributed by atoms with Gasteiger partial charge in [-0.3, -0.25) is 0 Å². The van der Waals surface area contributed by atoms with E-state index in [1.54, 1.807) is 26.0 Å². The Labute approximate surface area is 130 Å². The average molecular weight is 328 g/mol. The number of benzene rings is 1. The number of carbonyl (C=O) groups excluding carboxylic acids is 1. The highest BCUT2D eigenvalue weighted by Gasteiger charge is 2.40. The van der Waals surface area contributed by atoms with Gasteiger partial charge in [-0.2, -0.15) is 0 Å². The van der Waals surface area contributed by atoms with Gasteiger partial charge in [0.2, 0.25) is 15.8 Å². The van der Waals surface area contributed by atoms with E-state index in [9.17, 15) is 13.2 Å². The second kappa shape index (κ2) is 6.23. The first-order valence-corrected chi connectivity index (χ1v) is 8.40. The van der Waals surface area contributed by atoms with Crippen molar-refractivity contribution >= 4 is 21.7 Å². The molecule has 1 atom stereocenters. The predicted molar refractivity (Wildman–Crippen MR) is 80.8 cm³/mol. The van der Waals surface area contributed by atoms with Crippen LogP contribution < -0.4 is 10.0 Å². The molecule has 0 spiro atoms. The number of hydrogen-bond acceptors (Lipinski definition) is 6. The molecule has 1 aromatic rings. The van der Waals surface area contributed by atoms with Gasteiger partial charge in [0.25, 0.3) is 0 Å². The van der Waals surface area contributed by atoms with Crippen LogP contribution in [-0.2, 0) is 24.3 Å². The maximum atomic E-state index is 11.6. The first kappa shape index (κ1) is 16.7. The Morgan fingerprint density at radius 1 is 1.23 bits per heavy atom. The number of esters is 1. The first-order valence-electron chi connectivity index (χ1n) is 6.92. The Balaban J connectivity index is 1.87. The van der Waals surface area contributed by atoms with E-state index in [0.717, 1.165) is 5.69 Å². The molecule has 122 valence electrons. The van der Waals surface area contributed by atoms with Gasteiger partial charge in [0.15, 0.2) is 6.10 Å². The van der Waals surface area contributed by atoms with Crippen molar-refractivity contribution < 1.29 is 22.7 Å². The molecule has 2 N–H and O–H groups in total. The average Bonchev–Trinajstić information content (AvgIpc) is 2.72. The minimum Gasteiger partial charge on any atom is -0.432 e. The molecule has 0 amide bonds. The summed E-state index contributed by atoms with van der Waals surface area (Å²) in [6.45, 7) is 3.90. The van der Waals surface area contributed by atoms with E-state index >= 15 is 0 Å². The molecule has 22 heavy (non-hydrogen) atoms. The van der Waals surface area contributed by atoms with E-state index in [0.29, 0.717) is 13.0 Å². The zero-order valence-electron chi connectivity index (χ0n) is 12.8. The van der Waals surface area contributed by atoms with Crippen molar-refractivity contribution in [3.8, 4) is 0 Å². The van der Waals surface area contributed by atoms with Crippen molar-refractivity contribution in [2.45, 2.75) is 37.1 Å². The molecule has 1 aromatic carbocycles. The molecule has 0 bridgehead atoms. The number of ether oxygens (including phenoxy) is 2. The Morgan fingerprint density at radius 3 is 2.36 bits per heavy atom. The topological polar surface area (TPSA) is 93.7 Å². The fourth-order valence-electron chi connectivity index (χ4n) is 2.12. The van der Waals surface area contributed by atoms with E-state index < -0.39 is 21.9 Å². The van der Waals surface area contributed by atoms with Crippen LogP contribution in [0.15, 0.2) is 29.2 Å². The third-order valence-electron chi connectivity index (χ3n) is 3.20. The predicted octanol–water partition coefficient (Wildman–Crippen LogP) is 1.07. The van der Waals surface area contributed by atoms with Gasteiger partial charge in [-0.15, -0.1) is 0 Å². The highest BCUT2D eigenvalue weighted by molar-refractivity contribution is 7.89. The van der Waals surface area contributed by atoms with Crippen molar-refractivity contribution in [3.05, 3.63) is 24.3 Å². The van der Waals surface area contributed by atoms with E-state index in [2.05, 4.69) is 10.0 Å². The van der Waals surface area contributed by atoms with Gasteiger partial charge in [0.05, 0.1) is 4.90 Å². The normalized spacial score (nSPS) is 20.7. The number of carbonyl (C=O) groups is 1. The molecule has 1 fully saturated rings. The minimum absolute atomic E-state index is 0.199. The second-order valence-corrected chi connectivity index (χ2v) is 7.26. The highest BCUT2D eigenvalue weighted by Crippen LogP contribution is 2.25. The van der Waals surface area contributed by atoms with Crippen LogP contribution in [0.3, 0.4) is 0 Å². The van der Waals surface area contributed by atoms with Crippen LogP contribution in [0.4, 0.5) is 5.69 Å². The maximum absolute atomic E-state index is 11.6. The van der Waals surface area contributed by atoms with Gasteiger partial charge in [-0.05, 0) is 31.3 Å². The standard InChI is InChI=1S/C14H20N2O5S/c1-14(2)20-12(13(17)21-14)8-9-16-10-4-6-11(7-5-10)22(18,19)15-3/h4-7,12,15-16H,8-9H2,1-3H3/t12-/m1/s1. The zero-order chi connectivity index (χ0) is 16.4. The van der Waals surface area contributed by atoms with Gasteiger partial charge in [0.1, 0.15) is 0 Å². The summed E-state index contributed by atoms with van der Waals surface area (Å²) in [6, 6.07) is 6.36. The molecule has 8 heteroatoms. The van der Waals surface area contributed by atoms with Crippen LogP contribution in [0.5, 0.6) is 0 Å². The number of hydrogen-bond donors (Lipinski definition) is 2. The van der Waals surface area contributed by atoms with E-state index in [1.807, 2.05) is 0 Å². The van der Waals surface area contributed by atoms with Crippen LogP contribution in [0.1, 0.15) is 20.3 Å². The summed E-state index contributed by atoms with van der Waals surface area (Å²) in [5, 5.41) is 3.11. The van der Waals surface area contributed by atoms with Gasteiger partial charge in [-0.25, -0.2) is 17.9 Å². The monoisotopic (exact) mass is 328 g/mol. The van der Waals surface area contributed by atoms with Crippen molar-refractivity contribution in [3.63, 3.8) is 0 Å². The molecule has 2 rings (SSSR count). The summed E-state index contributed by atoms with van der Waals surface area (Å²) in [5.41, 5.74) is 0.765. The zero-order valence-corrected chi connectivity index (χ0v) is 13.6. The quantitative estimate of drug-likeness (QED) is 0.759. The second-order valence-electron chi connectivity index (χ2n) is 5.37. The summed E-state index contributed by atoms with van der Waals surface area (Å²) in [5.74, 6) is -1.23. The number of rotatable bonds is 6. The first-order chi connectivity index (χ1) is 10.2. The lowest BCUT2D eigenvalue weighted by molar-refractivity contribution is -0.160. The molecule has 0 radical (unpaired) electrons. The molecule has 0 saturated carbocycles. The molecule has 1 aliphatic rings. The number of nitrogens with one attached hydrogen (secondary N) is 2. The van der Waals surface area contributed by atoms with Crippen LogP contribution >= 0.6 is 0 Å². The summed E-state index contributed by atoms with van der Waals surface area (Å²) in [7, 11) is -2.06. The number of anilines is 1. The lowest BCUT2D eigenvalue weighted by Crippen LogP contribution is -2.23. The smallest absolute Gasteiger partial charge is 0.337 e. The Kier molecular flexibility index (Phi) is 4.74. The summed E-state index contributed by atoms with van der Waals surface area (Å²) in [4.78, 5) is 11.8. The third-order valence-corrected chi connectivity index (χ3v) is 4.63. The Bertz CT molecular complexity index is 640. The van der Waals surface area contributed by atoms with E-state index in [-0.39, 0.29) is 10.9 Å². The van der Waals surface area contributed by atoms with Crippen LogP contribution in [-0.4, -0.2) is 39.9 Å². The number of sulfonamides is 1. The van der Waals surface area contributed by atoms with Gasteiger partial charge < -0.3 is 14.8 Å². The molecule has 0 aromatic heterocycles. The third kappa shape index (κ3) is 3.96. The van der Waals surface area contributed by atoms with Crippen molar-refractivity contribution in [1.29, 1.82) is 0 Å². The fraction of sp³-hybridized carbons (Fsp3) is 0.500. The molecule has 0 aliphatic carbocycles. The van der Waals surface area contributed by atoms with E-state index in [4.69, 9.17) is 9.47 Å². The van der Waals surface area contributed by atoms with Crippen molar-refractivity contribution in [2.75, 3.05) is 18.9 Å². The highest BCUT2D eigenvalue weighted by atomic mass is 32.2.